The minimum atomic E-state index is -3.20. The molecule has 0 spiro atoms. The van der Waals surface area contributed by atoms with Crippen LogP contribution in [0.2, 0.25) is 0 Å². The molecule has 0 radical (unpaired) electrons. The summed E-state index contributed by atoms with van der Waals surface area (Å²) in [6, 6.07) is 0. The second-order valence-electron chi connectivity index (χ2n) is 4.22. The number of hydrogen-bond acceptors (Lipinski definition) is 4. The number of nitrogens with one attached hydrogen (secondary N) is 2. The van der Waals surface area contributed by atoms with Crippen molar-refractivity contribution in [2.24, 2.45) is 5.73 Å². The third-order valence-electron chi connectivity index (χ3n) is 2.40. The fourth-order valence-corrected chi connectivity index (χ4v) is 1.94. The highest BCUT2D eigenvalue weighted by molar-refractivity contribution is 7.89. The van der Waals surface area contributed by atoms with Gasteiger partial charge in [0.1, 0.15) is 0 Å². The maximum absolute atomic E-state index is 11.6. The van der Waals surface area contributed by atoms with Crippen LogP contribution in [0.25, 0.3) is 0 Å². The van der Waals surface area contributed by atoms with Gasteiger partial charge < -0.3 is 11.1 Å². The predicted molar refractivity (Wildman–Crippen MR) is 68.0 cm³/mol. The van der Waals surface area contributed by atoms with Crippen LogP contribution in [0, 0.1) is 0 Å². The summed E-state index contributed by atoms with van der Waals surface area (Å²) in [7, 11) is -3.20. The minimum absolute atomic E-state index is 0.0331. The monoisotopic (exact) mass is 265 g/mol. The zero-order chi connectivity index (χ0) is 13.5. The van der Waals surface area contributed by atoms with Crippen LogP contribution in [0.3, 0.4) is 0 Å². The van der Waals surface area contributed by atoms with Crippen molar-refractivity contribution in [1.29, 1.82) is 0 Å². The Morgan fingerprint density at radius 3 is 2.35 bits per heavy atom. The van der Waals surface area contributed by atoms with Crippen molar-refractivity contribution >= 4 is 15.9 Å². The Labute approximate surface area is 103 Å². The van der Waals surface area contributed by atoms with Crippen LogP contribution in [0.15, 0.2) is 0 Å². The average molecular weight is 265 g/mol. The quantitative estimate of drug-likeness (QED) is 0.518. The molecule has 1 unspecified atom stereocenters. The first-order valence-corrected chi connectivity index (χ1v) is 7.45. The molecule has 0 aliphatic carbocycles. The van der Waals surface area contributed by atoms with Crippen LogP contribution >= 0.6 is 0 Å². The third-order valence-corrected chi connectivity index (χ3v) is 3.80. The lowest BCUT2D eigenvalue weighted by molar-refractivity contribution is -0.126. The van der Waals surface area contributed by atoms with E-state index < -0.39 is 15.6 Å². The molecular weight excluding hydrogens is 242 g/mol. The first-order valence-electron chi connectivity index (χ1n) is 5.79. The normalized spacial score (nSPS) is 15.3. The largest absolute Gasteiger partial charge is 0.353 e. The van der Waals surface area contributed by atoms with Crippen molar-refractivity contribution in [3.63, 3.8) is 0 Å². The molecular formula is C10H23N3O3S. The van der Waals surface area contributed by atoms with E-state index in [9.17, 15) is 13.2 Å². The lowest BCUT2D eigenvalue weighted by Crippen LogP contribution is -2.52. The summed E-state index contributed by atoms with van der Waals surface area (Å²) in [6.07, 6.45) is 1.42. The first kappa shape index (κ1) is 16.3. The number of nitrogens with two attached hydrogens (primary N) is 1. The van der Waals surface area contributed by atoms with Gasteiger partial charge in [0, 0.05) is 13.1 Å². The van der Waals surface area contributed by atoms with E-state index in [0.717, 1.165) is 6.42 Å². The number of hydrogen-bond donors (Lipinski definition) is 3. The van der Waals surface area contributed by atoms with E-state index in [-0.39, 0.29) is 24.7 Å². The molecule has 102 valence electrons. The van der Waals surface area contributed by atoms with Gasteiger partial charge in [0.05, 0.1) is 11.3 Å². The van der Waals surface area contributed by atoms with Crippen molar-refractivity contribution < 1.29 is 13.2 Å². The summed E-state index contributed by atoms with van der Waals surface area (Å²) in [5.41, 5.74) is 4.92. The van der Waals surface area contributed by atoms with Gasteiger partial charge >= 0.3 is 0 Å². The summed E-state index contributed by atoms with van der Waals surface area (Å²) in [5, 5.41) is 2.61. The molecule has 1 atom stereocenters. The molecule has 0 rings (SSSR count). The van der Waals surface area contributed by atoms with Gasteiger partial charge in [-0.15, -0.1) is 0 Å². The predicted octanol–water partition coefficient (Wildman–Crippen LogP) is -0.441. The van der Waals surface area contributed by atoms with E-state index in [4.69, 9.17) is 5.73 Å². The average Bonchev–Trinajstić information content (AvgIpc) is 2.24. The Hall–Kier alpha value is -0.660. The first-order chi connectivity index (χ1) is 7.75. The van der Waals surface area contributed by atoms with Crippen molar-refractivity contribution in [3.8, 4) is 0 Å². The lowest BCUT2D eigenvalue weighted by atomic mass is 9.97. The van der Waals surface area contributed by atoms with Gasteiger partial charge in [-0.1, -0.05) is 13.3 Å². The zero-order valence-corrected chi connectivity index (χ0v) is 11.6. The van der Waals surface area contributed by atoms with Gasteiger partial charge in [0.15, 0.2) is 0 Å². The maximum atomic E-state index is 11.6. The molecule has 0 aromatic rings. The highest BCUT2D eigenvalue weighted by atomic mass is 32.2. The van der Waals surface area contributed by atoms with Crippen LogP contribution in [0.1, 0.15) is 33.6 Å². The summed E-state index contributed by atoms with van der Waals surface area (Å²) >= 11 is 0. The van der Waals surface area contributed by atoms with Crippen LogP contribution in [-0.4, -0.2) is 38.7 Å². The Morgan fingerprint density at radius 2 is 1.88 bits per heavy atom. The van der Waals surface area contributed by atoms with Gasteiger partial charge in [0.2, 0.25) is 15.9 Å². The molecule has 0 heterocycles. The molecule has 0 saturated carbocycles. The molecule has 0 aromatic heterocycles. The molecule has 17 heavy (non-hydrogen) atoms. The van der Waals surface area contributed by atoms with Gasteiger partial charge in [-0.25, -0.2) is 13.1 Å². The van der Waals surface area contributed by atoms with E-state index in [1.807, 2.05) is 6.92 Å². The van der Waals surface area contributed by atoms with Crippen molar-refractivity contribution in [2.45, 2.75) is 39.2 Å². The van der Waals surface area contributed by atoms with Crippen molar-refractivity contribution in [2.75, 3.05) is 18.8 Å². The van der Waals surface area contributed by atoms with E-state index in [0.29, 0.717) is 6.42 Å². The Kier molecular flexibility index (Phi) is 6.66. The number of carbonyl (C=O) groups excluding carboxylic acids is 1. The molecule has 0 fully saturated rings. The fourth-order valence-electron chi connectivity index (χ4n) is 1.32. The maximum Gasteiger partial charge on any atom is 0.239 e. The van der Waals surface area contributed by atoms with Crippen LogP contribution in [0.5, 0.6) is 0 Å². The highest BCUT2D eigenvalue weighted by Crippen LogP contribution is 2.07. The summed E-state index contributed by atoms with van der Waals surface area (Å²) < 4.78 is 24.6. The molecule has 0 aliphatic heterocycles. The lowest BCUT2D eigenvalue weighted by Gasteiger charge is -2.22. The van der Waals surface area contributed by atoms with E-state index in [2.05, 4.69) is 10.0 Å². The summed E-state index contributed by atoms with van der Waals surface area (Å²) in [4.78, 5) is 11.6. The Balaban J connectivity index is 3.95. The number of rotatable bonds is 8. The summed E-state index contributed by atoms with van der Waals surface area (Å²) in [6.45, 7) is 5.60. The number of sulfonamides is 1. The van der Waals surface area contributed by atoms with Crippen molar-refractivity contribution in [1.82, 2.24) is 10.0 Å². The van der Waals surface area contributed by atoms with Gasteiger partial charge in [0.25, 0.3) is 0 Å². The number of carbonyl (C=O) groups is 1. The molecule has 0 aliphatic rings. The van der Waals surface area contributed by atoms with Gasteiger partial charge in [-0.05, 0) is 20.3 Å². The highest BCUT2D eigenvalue weighted by Gasteiger charge is 2.26. The molecule has 0 aromatic carbocycles. The van der Waals surface area contributed by atoms with E-state index in [1.54, 1.807) is 13.8 Å². The van der Waals surface area contributed by atoms with Gasteiger partial charge in [-0.2, -0.15) is 0 Å². The fraction of sp³-hybridized carbons (Fsp3) is 0.900. The molecule has 6 nitrogen and oxygen atoms in total. The second kappa shape index (κ2) is 6.93. The van der Waals surface area contributed by atoms with Crippen LogP contribution in [-0.2, 0) is 14.8 Å². The van der Waals surface area contributed by atoms with Gasteiger partial charge in [-0.3, -0.25) is 4.79 Å². The number of amides is 1. The Morgan fingerprint density at radius 1 is 1.29 bits per heavy atom. The standard InChI is InChI=1S/C10H23N3O3S/c1-4-6-10(3,11)9(14)12-7-8-13-17(15,16)5-2/h13H,4-8,11H2,1-3H3,(H,12,14). The smallest absolute Gasteiger partial charge is 0.239 e. The molecule has 7 heteroatoms. The second-order valence-corrected chi connectivity index (χ2v) is 6.32. The summed E-state index contributed by atoms with van der Waals surface area (Å²) in [5.74, 6) is -0.221. The molecule has 1 amide bonds. The SMILES string of the molecule is CCCC(C)(N)C(=O)NCCNS(=O)(=O)CC. The van der Waals surface area contributed by atoms with Crippen LogP contribution in [0.4, 0.5) is 0 Å². The zero-order valence-electron chi connectivity index (χ0n) is 10.7. The van der Waals surface area contributed by atoms with E-state index in [1.165, 1.54) is 0 Å². The third kappa shape index (κ3) is 6.60. The Bertz CT molecular complexity index is 339. The minimum Gasteiger partial charge on any atom is -0.353 e. The topological polar surface area (TPSA) is 101 Å². The van der Waals surface area contributed by atoms with E-state index >= 15 is 0 Å². The molecule has 0 bridgehead atoms. The molecule has 4 N–H and O–H groups in total. The molecule has 0 saturated heterocycles. The van der Waals surface area contributed by atoms with Crippen molar-refractivity contribution in [3.05, 3.63) is 0 Å². The van der Waals surface area contributed by atoms with Crippen LogP contribution < -0.4 is 15.8 Å².